The van der Waals surface area contributed by atoms with Crippen LogP contribution in [-0.2, 0) is 9.47 Å². The monoisotopic (exact) mass is 250 g/mol. The van der Waals surface area contributed by atoms with Crippen molar-refractivity contribution in [2.45, 2.75) is 0 Å². The zero-order valence-electron chi connectivity index (χ0n) is 11.4. The molecule has 0 aromatic rings. The van der Waals surface area contributed by atoms with Crippen LogP contribution in [0.15, 0.2) is 0 Å². The smallest absolute Gasteiger partial charge is 0.107 e. The van der Waals surface area contributed by atoms with Crippen molar-refractivity contribution in [1.82, 2.24) is 9.80 Å². The molecule has 1 heterocycles. The van der Waals surface area contributed by atoms with Crippen LogP contribution in [0.25, 0.3) is 0 Å². The molecule has 4 heteroatoms. The van der Waals surface area contributed by atoms with E-state index < -0.39 is 0 Å². The maximum absolute atomic E-state index is 4.89. The van der Waals surface area contributed by atoms with Crippen molar-refractivity contribution in [3.05, 3.63) is 0 Å². The van der Waals surface area contributed by atoms with Crippen LogP contribution in [0.5, 0.6) is 0 Å². The Morgan fingerprint density at radius 3 is 1.44 bits per heavy atom. The van der Waals surface area contributed by atoms with Crippen LogP contribution in [0.1, 0.15) is 0 Å². The topological polar surface area (TPSA) is 24.9 Å². The number of ether oxygens (including phenoxy) is 2. The molecule has 1 aliphatic heterocycles. The second kappa shape index (κ2) is 9.94. The fourth-order valence-corrected chi connectivity index (χ4v) is 1.69. The van der Waals surface area contributed by atoms with Gasteiger partial charge in [0.15, 0.2) is 0 Å². The molecule has 0 atom stereocenters. The second-order valence-electron chi connectivity index (χ2n) is 4.13. The zero-order valence-corrected chi connectivity index (χ0v) is 11.4. The normalized spacial score (nSPS) is 16.6. The molecule has 0 saturated carbocycles. The third kappa shape index (κ3) is 6.64. The SMILES string of the molecule is COCC#CCN1CCN(CC#CCOC)CC1. The van der Waals surface area contributed by atoms with Crippen molar-refractivity contribution in [1.29, 1.82) is 0 Å². The number of nitrogens with zero attached hydrogens (tertiary/aromatic N) is 2. The molecule has 1 aliphatic rings. The fraction of sp³-hybridized carbons (Fsp3) is 0.714. The molecule has 0 aromatic heterocycles. The van der Waals surface area contributed by atoms with E-state index in [1.807, 2.05) is 0 Å². The van der Waals surface area contributed by atoms with E-state index in [1.54, 1.807) is 14.2 Å². The Balaban J connectivity index is 2.13. The lowest BCUT2D eigenvalue weighted by Gasteiger charge is -2.32. The minimum Gasteiger partial charge on any atom is -0.372 e. The van der Waals surface area contributed by atoms with Crippen molar-refractivity contribution < 1.29 is 9.47 Å². The molecule has 0 amide bonds. The maximum Gasteiger partial charge on any atom is 0.107 e. The number of rotatable bonds is 4. The third-order valence-electron chi connectivity index (χ3n) is 2.75. The first-order valence-electron chi connectivity index (χ1n) is 6.21. The van der Waals surface area contributed by atoms with Gasteiger partial charge in [0.2, 0.25) is 0 Å². The van der Waals surface area contributed by atoms with Crippen molar-refractivity contribution >= 4 is 0 Å². The summed E-state index contributed by atoms with van der Waals surface area (Å²) in [6, 6.07) is 0. The molecule has 1 fully saturated rings. The van der Waals surface area contributed by atoms with E-state index in [9.17, 15) is 0 Å². The lowest BCUT2D eigenvalue weighted by atomic mass is 10.3. The molecule has 0 unspecified atom stereocenters. The molecule has 0 bridgehead atoms. The van der Waals surface area contributed by atoms with E-state index in [4.69, 9.17) is 9.47 Å². The summed E-state index contributed by atoms with van der Waals surface area (Å²) in [5, 5.41) is 0. The Morgan fingerprint density at radius 1 is 0.722 bits per heavy atom. The van der Waals surface area contributed by atoms with Crippen molar-refractivity contribution in [2.24, 2.45) is 0 Å². The number of methoxy groups -OCH3 is 2. The zero-order chi connectivity index (χ0) is 13.1. The first kappa shape index (κ1) is 15.0. The third-order valence-corrected chi connectivity index (χ3v) is 2.75. The van der Waals surface area contributed by atoms with Gasteiger partial charge in [-0.2, -0.15) is 0 Å². The predicted molar refractivity (Wildman–Crippen MR) is 72.2 cm³/mol. The Hall–Kier alpha value is -1.04. The summed E-state index contributed by atoms with van der Waals surface area (Å²) in [7, 11) is 3.33. The van der Waals surface area contributed by atoms with E-state index in [1.165, 1.54) is 0 Å². The standard InChI is InChI=1S/C14H22N2O2/c1-17-13-5-3-7-15-9-11-16(12-10-15)8-4-6-14-18-2/h7-14H2,1-2H3. The first-order valence-corrected chi connectivity index (χ1v) is 6.21. The quantitative estimate of drug-likeness (QED) is 0.651. The summed E-state index contributed by atoms with van der Waals surface area (Å²) >= 11 is 0. The van der Waals surface area contributed by atoms with E-state index in [2.05, 4.69) is 33.5 Å². The number of hydrogen-bond acceptors (Lipinski definition) is 4. The predicted octanol–water partition coefficient (Wildman–Crippen LogP) is -0.0964. The van der Waals surface area contributed by atoms with Gasteiger partial charge in [-0.3, -0.25) is 9.80 Å². The van der Waals surface area contributed by atoms with Crippen molar-refractivity contribution in [3.63, 3.8) is 0 Å². The molecule has 0 spiro atoms. The van der Waals surface area contributed by atoms with Crippen LogP contribution in [-0.4, -0.2) is 76.5 Å². The Kier molecular flexibility index (Phi) is 8.29. The van der Waals surface area contributed by atoms with E-state index in [0.29, 0.717) is 13.2 Å². The number of hydrogen-bond donors (Lipinski definition) is 0. The first-order chi connectivity index (χ1) is 8.86. The van der Waals surface area contributed by atoms with Crippen LogP contribution in [0.2, 0.25) is 0 Å². The van der Waals surface area contributed by atoms with Gasteiger partial charge in [0.25, 0.3) is 0 Å². The largest absolute Gasteiger partial charge is 0.372 e. The molecule has 0 aromatic carbocycles. The van der Waals surface area contributed by atoms with Crippen LogP contribution in [0.3, 0.4) is 0 Å². The summed E-state index contributed by atoms with van der Waals surface area (Å²) in [6.07, 6.45) is 0. The molecule has 18 heavy (non-hydrogen) atoms. The van der Waals surface area contributed by atoms with Crippen molar-refractivity contribution in [2.75, 3.05) is 66.7 Å². The Bertz CT molecular complexity index is 293. The minimum atomic E-state index is 0.523. The van der Waals surface area contributed by atoms with Gasteiger partial charge in [-0.05, 0) is 0 Å². The minimum absolute atomic E-state index is 0.523. The summed E-state index contributed by atoms with van der Waals surface area (Å²) in [4.78, 5) is 4.73. The van der Waals surface area contributed by atoms with E-state index in [0.717, 1.165) is 39.3 Å². The molecule has 0 N–H and O–H groups in total. The van der Waals surface area contributed by atoms with Gasteiger partial charge >= 0.3 is 0 Å². The van der Waals surface area contributed by atoms with Gasteiger partial charge < -0.3 is 9.47 Å². The summed E-state index contributed by atoms with van der Waals surface area (Å²) in [6.45, 7) is 6.98. The summed E-state index contributed by atoms with van der Waals surface area (Å²) in [5.74, 6) is 12.2. The lowest BCUT2D eigenvalue weighted by Crippen LogP contribution is -2.46. The van der Waals surface area contributed by atoms with E-state index in [-0.39, 0.29) is 0 Å². The van der Waals surface area contributed by atoms with E-state index >= 15 is 0 Å². The highest BCUT2D eigenvalue weighted by atomic mass is 16.5. The summed E-state index contributed by atoms with van der Waals surface area (Å²) in [5.41, 5.74) is 0. The molecule has 4 nitrogen and oxygen atoms in total. The fourth-order valence-electron chi connectivity index (χ4n) is 1.69. The highest BCUT2D eigenvalue weighted by Crippen LogP contribution is 1.99. The Morgan fingerprint density at radius 2 is 1.11 bits per heavy atom. The van der Waals surface area contributed by atoms with Crippen LogP contribution >= 0.6 is 0 Å². The molecule has 1 saturated heterocycles. The molecule has 100 valence electrons. The van der Waals surface area contributed by atoms with Crippen LogP contribution in [0, 0.1) is 23.7 Å². The van der Waals surface area contributed by atoms with Gasteiger partial charge in [0.1, 0.15) is 13.2 Å². The highest BCUT2D eigenvalue weighted by Gasteiger charge is 2.14. The Labute approximate surface area is 110 Å². The van der Waals surface area contributed by atoms with Crippen molar-refractivity contribution in [3.8, 4) is 23.7 Å². The average molecular weight is 250 g/mol. The number of piperazine rings is 1. The molecule has 0 aliphatic carbocycles. The highest BCUT2D eigenvalue weighted by molar-refractivity contribution is 5.03. The maximum atomic E-state index is 4.89. The molecule has 0 radical (unpaired) electrons. The van der Waals surface area contributed by atoms with Gasteiger partial charge in [-0.15, -0.1) is 0 Å². The van der Waals surface area contributed by atoms with Gasteiger partial charge in [-0.25, -0.2) is 0 Å². The van der Waals surface area contributed by atoms with Crippen LogP contribution < -0.4 is 0 Å². The molecular formula is C14H22N2O2. The molecular weight excluding hydrogens is 228 g/mol. The van der Waals surface area contributed by atoms with Crippen LogP contribution in [0.4, 0.5) is 0 Å². The summed E-state index contributed by atoms with van der Waals surface area (Å²) < 4.78 is 9.77. The van der Waals surface area contributed by atoms with Gasteiger partial charge in [-0.1, -0.05) is 23.7 Å². The second-order valence-corrected chi connectivity index (χ2v) is 4.13. The average Bonchev–Trinajstić information content (AvgIpc) is 2.41. The van der Waals surface area contributed by atoms with Gasteiger partial charge in [0, 0.05) is 40.4 Å². The molecule has 1 rings (SSSR count). The van der Waals surface area contributed by atoms with Gasteiger partial charge in [0.05, 0.1) is 13.1 Å². The lowest BCUT2D eigenvalue weighted by molar-refractivity contribution is 0.157.